The van der Waals surface area contributed by atoms with Gasteiger partial charge in [-0.2, -0.15) is 0 Å². The van der Waals surface area contributed by atoms with E-state index in [0.717, 1.165) is 30.1 Å². The van der Waals surface area contributed by atoms with Crippen LogP contribution in [0.1, 0.15) is 19.8 Å². The third kappa shape index (κ3) is 3.38. The van der Waals surface area contributed by atoms with E-state index in [1.54, 1.807) is 0 Å². The molecule has 0 aromatic heterocycles. The summed E-state index contributed by atoms with van der Waals surface area (Å²) < 4.78 is 5.66. The smallest absolute Gasteiger partial charge is 0.122 e. The second-order valence-electron chi connectivity index (χ2n) is 4.83. The molecule has 0 saturated carbocycles. The first-order chi connectivity index (χ1) is 9.17. The predicted octanol–water partition coefficient (Wildman–Crippen LogP) is 2.77. The topological polar surface area (TPSA) is 33.3 Å². The van der Waals surface area contributed by atoms with Crippen molar-refractivity contribution in [3.63, 3.8) is 0 Å². The third-order valence-electron chi connectivity index (χ3n) is 3.52. The lowest BCUT2D eigenvalue weighted by Gasteiger charge is -2.29. The minimum absolute atomic E-state index is 0.125. The summed E-state index contributed by atoms with van der Waals surface area (Å²) >= 11 is 0. The molecule has 1 atom stereocenters. The van der Waals surface area contributed by atoms with Crippen LogP contribution < -0.4 is 10.6 Å². The van der Waals surface area contributed by atoms with Gasteiger partial charge in [0.2, 0.25) is 0 Å². The summed E-state index contributed by atoms with van der Waals surface area (Å²) in [4.78, 5) is 0. The zero-order chi connectivity index (χ0) is 13.7. The van der Waals surface area contributed by atoms with Gasteiger partial charge in [0.15, 0.2) is 0 Å². The Bertz CT molecular complexity index is 483. The fraction of sp³-hybridized carbons (Fsp3) is 0.375. The van der Waals surface area contributed by atoms with Crippen molar-refractivity contribution in [2.24, 2.45) is 0 Å². The maximum atomic E-state index is 5.66. The van der Waals surface area contributed by atoms with Gasteiger partial charge in [0.05, 0.1) is 11.3 Å². The van der Waals surface area contributed by atoms with Crippen LogP contribution in [0.2, 0.25) is 0 Å². The lowest BCUT2D eigenvalue weighted by Crippen LogP contribution is -2.40. The van der Waals surface area contributed by atoms with Crippen LogP contribution in [0.5, 0.6) is 0 Å². The molecule has 1 unspecified atom stereocenters. The van der Waals surface area contributed by atoms with E-state index in [4.69, 9.17) is 4.74 Å². The first-order valence-corrected chi connectivity index (χ1v) is 6.67. The van der Waals surface area contributed by atoms with E-state index < -0.39 is 0 Å². The number of nitrogens with one attached hydrogen (secondary N) is 2. The average Bonchev–Trinajstić information content (AvgIpc) is 2.46. The summed E-state index contributed by atoms with van der Waals surface area (Å²) in [5.74, 6) is 1.89. The Morgan fingerprint density at radius 3 is 2.68 bits per heavy atom. The second-order valence-corrected chi connectivity index (χ2v) is 4.83. The molecule has 1 heterocycles. The third-order valence-corrected chi connectivity index (χ3v) is 3.52. The fourth-order valence-corrected chi connectivity index (χ4v) is 2.17. The van der Waals surface area contributed by atoms with Gasteiger partial charge in [-0.3, -0.25) is 0 Å². The van der Waals surface area contributed by atoms with Gasteiger partial charge in [0.25, 0.3) is 0 Å². The van der Waals surface area contributed by atoms with Gasteiger partial charge < -0.3 is 15.4 Å². The van der Waals surface area contributed by atoms with E-state index in [0.29, 0.717) is 0 Å². The molecule has 0 amide bonds. The molecule has 0 aromatic carbocycles. The lowest BCUT2D eigenvalue weighted by atomic mass is 9.89. The molecular weight excluding hydrogens is 236 g/mol. The molecule has 1 aliphatic carbocycles. The molecule has 0 aromatic rings. The Labute approximate surface area is 115 Å². The minimum Gasteiger partial charge on any atom is -0.463 e. The molecule has 2 aliphatic rings. The first kappa shape index (κ1) is 13.7. The van der Waals surface area contributed by atoms with Crippen LogP contribution in [0, 0.1) is 0 Å². The summed E-state index contributed by atoms with van der Waals surface area (Å²) in [6, 6.07) is 0. The van der Waals surface area contributed by atoms with Crippen molar-refractivity contribution in [3.8, 4) is 0 Å². The van der Waals surface area contributed by atoms with Gasteiger partial charge in [-0.05, 0) is 51.1 Å². The second kappa shape index (κ2) is 5.93. The molecule has 3 nitrogen and oxygen atoms in total. The van der Waals surface area contributed by atoms with E-state index in [-0.39, 0.29) is 5.54 Å². The number of hydrogen-bond donors (Lipinski definition) is 2. The standard InChI is InChI=1S/C16H22N2O/c1-13-5-4-6-15(19-13)9-12-16(18-3)10-7-14(17-2)8-11-16/h5-10,12,17-18H,4,11H2,1-3H3. The van der Waals surface area contributed by atoms with Crippen LogP contribution in [0.25, 0.3) is 0 Å². The van der Waals surface area contributed by atoms with E-state index in [1.165, 1.54) is 0 Å². The van der Waals surface area contributed by atoms with Crippen molar-refractivity contribution < 1.29 is 4.74 Å². The van der Waals surface area contributed by atoms with Crippen molar-refractivity contribution >= 4 is 0 Å². The van der Waals surface area contributed by atoms with Gasteiger partial charge in [0.1, 0.15) is 5.76 Å². The normalized spacial score (nSPS) is 26.6. The molecule has 0 bridgehead atoms. The largest absolute Gasteiger partial charge is 0.463 e. The highest BCUT2D eigenvalue weighted by molar-refractivity contribution is 5.34. The Kier molecular flexibility index (Phi) is 4.27. The molecule has 0 radical (unpaired) electrons. The van der Waals surface area contributed by atoms with Crippen molar-refractivity contribution in [3.05, 3.63) is 59.7 Å². The molecule has 0 saturated heterocycles. The van der Waals surface area contributed by atoms with Crippen LogP contribution in [0.15, 0.2) is 59.7 Å². The van der Waals surface area contributed by atoms with E-state index in [2.05, 4.69) is 53.2 Å². The van der Waals surface area contributed by atoms with Gasteiger partial charge in [0, 0.05) is 12.7 Å². The van der Waals surface area contributed by atoms with Crippen molar-refractivity contribution in [1.82, 2.24) is 10.6 Å². The first-order valence-electron chi connectivity index (χ1n) is 6.67. The minimum atomic E-state index is -0.125. The number of allylic oxidation sites excluding steroid dienone is 5. The van der Waals surface area contributed by atoms with Crippen LogP contribution in [0.4, 0.5) is 0 Å². The van der Waals surface area contributed by atoms with Gasteiger partial charge in [-0.1, -0.05) is 18.2 Å². The zero-order valence-electron chi connectivity index (χ0n) is 11.9. The van der Waals surface area contributed by atoms with Crippen LogP contribution >= 0.6 is 0 Å². The predicted molar refractivity (Wildman–Crippen MR) is 79.4 cm³/mol. The monoisotopic (exact) mass is 258 g/mol. The van der Waals surface area contributed by atoms with Crippen LogP contribution in [0.3, 0.4) is 0 Å². The lowest BCUT2D eigenvalue weighted by molar-refractivity contribution is 0.312. The molecule has 1 aliphatic heterocycles. The SMILES string of the molecule is CNC1=CCC(C=CC2=CCC=C(C)O2)(NC)C=C1. The molecule has 0 spiro atoms. The Balaban J connectivity index is 2.06. The Morgan fingerprint density at radius 1 is 1.26 bits per heavy atom. The highest BCUT2D eigenvalue weighted by Gasteiger charge is 2.23. The maximum Gasteiger partial charge on any atom is 0.122 e. The van der Waals surface area contributed by atoms with Crippen molar-refractivity contribution in [1.29, 1.82) is 0 Å². The van der Waals surface area contributed by atoms with E-state index in [1.807, 2.05) is 21.0 Å². The molecule has 102 valence electrons. The summed E-state index contributed by atoms with van der Waals surface area (Å²) in [5.41, 5.74) is 1.03. The van der Waals surface area contributed by atoms with E-state index >= 15 is 0 Å². The van der Waals surface area contributed by atoms with Crippen molar-refractivity contribution in [2.75, 3.05) is 14.1 Å². The number of rotatable bonds is 4. The highest BCUT2D eigenvalue weighted by atomic mass is 16.5. The van der Waals surface area contributed by atoms with Gasteiger partial charge in [-0.15, -0.1) is 0 Å². The summed E-state index contributed by atoms with van der Waals surface area (Å²) in [6.45, 7) is 1.98. The number of hydrogen-bond acceptors (Lipinski definition) is 3. The summed E-state index contributed by atoms with van der Waals surface area (Å²) in [7, 11) is 3.92. The molecule has 2 rings (SSSR count). The van der Waals surface area contributed by atoms with Gasteiger partial charge >= 0.3 is 0 Å². The fourth-order valence-electron chi connectivity index (χ4n) is 2.17. The molecule has 3 heteroatoms. The number of likely N-dealkylation sites (N-methyl/N-ethyl adjacent to an activating group) is 2. The molecule has 19 heavy (non-hydrogen) atoms. The summed E-state index contributed by atoms with van der Waals surface area (Å²) in [5, 5.41) is 6.53. The van der Waals surface area contributed by atoms with Crippen LogP contribution in [-0.4, -0.2) is 19.6 Å². The highest BCUT2D eigenvalue weighted by Crippen LogP contribution is 2.23. The Morgan fingerprint density at radius 2 is 2.11 bits per heavy atom. The molecular formula is C16H22N2O. The summed E-state index contributed by atoms with van der Waals surface area (Å²) in [6.07, 6.45) is 16.7. The Hall–Kier alpha value is -1.74. The van der Waals surface area contributed by atoms with Crippen LogP contribution in [-0.2, 0) is 4.74 Å². The molecule has 2 N–H and O–H groups in total. The zero-order valence-corrected chi connectivity index (χ0v) is 11.9. The molecule has 0 fully saturated rings. The number of ether oxygens (including phenoxy) is 1. The average molecular weight is 258 g/mol. The maximum absolute atomic E-state index is 5.66. The van der Waals surface area contributed by atoms with Gasteiger partial charge in [-0.25, -0.2) is 0 Å². The van der Waals surface area contributed by atoms with E-state index in [9.17, 15) is 0 Å². The quantitative estimate of drug-likeness (QED) is 0.813. The van der Waals surface area contributed by atoms with Crippen molar-refractivity contribution in [2.45, 2.75) is 25.3 Å².